The fourth-order valence-corrected chi connectivity index (χ4v) is 2.40. The van der Waals surface area contributed by atoms with Crippen molar-refractivity contribution in [3.05, 3.63) is 76.2 Å². The molecule has 3 nitrogen and oxygen atoms in total. The number of rotatable bonds is 3. The molecule has 0 aliphatic heterocycles. The molecule has 0 fully saturated rings. The number of hydrogen-bond acceptors (Lipinski definition) is 3. The van der Waals surface area contributed by atoms with Gasteiger partial charge in [-0.2, -0.15) is 0 Å². The molecule has 114 valence electrons. The van der Waals surface area contributed by atoms with Crippen molar-refractivity contribution in [3.8, 4) is 0 Å². The first-order chi connectivity index (χ1) is 10.6. The van der Waals surface area contributed by atoms with Crippen LogP contribution in [0, 0.1) is 6.92 Å². The van der Waals surface area contributed by atoms with Gasteiger partial charge in [0.2, 0.25) is 0 Å². The Morgan fingerprint density at radius 1 is 1.09 bits per heavy atom. The second kappa shape index (κ2) is 8.49. The molecule has 1 aromatic carbocycles. The van der Waals surface area contributed by atoms with E-state index in [2.05, 4.69) is 45.3 Å². The van der Waals surface area contributed by atoms with Crippen LogP contribution in [0.2, 0.25) is 0 Å². The van der Waals surface area contributed by atoms with Crippen molar-refractivity contribution < 1.29 is 4.79 Å². The molecule has 0 amide bonds. The van der Waals surface area contributed by atoms with Crippen LogP contribution < -0.4 is 5.32 Å². The molecule has 0 radical (unpaired) electrons. The second-order valence-electron chi connectivity index (χ2n) is 5.10. The first kappa shape index (κ1) is 16.4. The van der Waals surface area contributed by atoms with Crippen LogP contribution >= 0.6 is 15.9 Å². The maximum atomic E-state index is 11.0. The molecule has 1 N–H and O–H groups in total. The van der Waals surface area contributed by atoms with Crippen molar-refractivity contribution in [1.29, 1.82) is 0 Å². The molecule has 22 heavy (non-hydrogen) atoms. The fraction of sp³-hybridized carbons (Fsp3) is 0.222. The van der Waals surface area contributed by atoms with Crippen LogP contribution in [0.25, 0.3) is 0 Å². The number of ketones is 1. The topological polar surface area (TPSA) is 42.0 Å². The Morgan fingerprint density at radius 3 is 2.41 bits per heavy atom. The normalized spacial score (nSPS) is 13.2. The summed E-state index contributed by atoms with van der Waals surface area (Å²) in [5.41, 5.74) is 3.30. The van der Waals surface area contributed by atoms with E-state index >= 15 is 0 Å². The van der Waals surface area contributed by atoms with Gasteiger partial charge in [-0.1, -0.05) is 42.0 Å². The summed E-state index contributed by atoms with van der Waals surface area (Å²) in [6.45, 7) is 2.75. The molecule has 0 spiro atoms. The molecular formula is C18H19BrN2O. The third kappa shape index (κ3) is 5.82. The van der Waals surface area contributed by atoms with Crippen LogP contribution in [0.5, 0.6) is 0 Å². The van der Waals surface area contributed by atoms with Crippen molar-refractivity contribution in [2.45, 2.75) is 26.3 Å². The second-order valence-corrected chi connectivity index (χ2v) is 5.91. The Morgan fingerprint density at radius 2 is 1.86 bits per heavy atom. The number of carbonyl (C=O) groups is 1. The molecular weight excluding hydrogens is 340 g/mol. The lowest BCUT2D eigenvalue weighted by Crippen LogP contribution is -2.12. The molecule has 2 aromatic rings. The van der Waals surface area contributed by atoms with Crippen LogP contribution in [0.15, 0.2) is 64.9 Å². The number of carbonyl (C=O) groups excluding carboxylic acids is 1. The van der Waals surface area contributed by atoms with E-state index in [9.17, 15) is 4.79 Å². The first-order valence-corrected chi connectivity index (χ1v) is 8.03. The minimum atomic E-state index is 0.208. The van der Waals surface area contributed by atoms with E-state index in [1.807, 2.05) is 36.4 Å². The zero-order chi connectivity index (χ0) is 15.8. The summed E-state index contributed by atoms with van der Waals surface area (Å²) in [6.07, 6.45) is 3.14. The van der Waals surface area contributed by atoms with Gasteiger partial charge >= 0.3 is 0 Å². The number of nitrogens with zero attached hydrogens (tertiary/aromatic N) is 1. The molecule has 1 aromatic heterocycles. The van der Waals surface area contributed by atoms with Gasteiger partial charge in [0.05, 0.1) is 12.2 Å². The summed E-state index contributed by atoms with van der Waals surface area (Å²) in [6, 6.07) is 16.1. The largest absolute Gasteiger partial charge is 0.383 e. The Hall–Kier alpha value is -1.94. The van der Waals surface area contributed by atoms with E-state index in [4.69, 9.17) is 0 Å². The summed E-state index contributed by atoms with van der Waals surface area (Å²) in [5.74, 6) is 0.208. The average molecular weight is 359 g/mol. The molecule has 4 heteroatoms. The predicted octanol–water partition coefficient (Wildman–Crippen LogP) is 4.18. The number of aryl methyl sites for hydroxylation is 1. The van der Waals surface area contributed by atoms with Gasteiger partial charge in [-0.05, 0) is 41.4 Å². The lowest BCUT2D eigenvalue weighted by Gasteiger charge is -2.05. The average Bonchev–Trinajstić information content (AvgIpc) is 2.92. The summed E-state index contributed by atoms with van der Waals surface area (Å²) < 4.78 is 0.832. The van der Waals surface area contributed by atoms with E-state index < -0.39 is 0 Å². The van der Waals surface area contributed by atoms with Gasteiger partial charge in [-0.3, -0.25) is 4.79 Å². The van der Waals surface area contributed by atoms with E-state index in [0.717, 1.165) is 22.4 Å². The van der Waals surface area contributed by atoms with Crippen molar-refractivity contribution in [2.75, 3.05) is 0 Å². The Kier molecular flexibility index (Phi) is 6.34. The van der Waals surface area contributed by atoms with Crippen molar-refractivity contribution >= 4 is 21.7 Å². The molecule has 1 heterocycles. The zero-order valence-corrected chi connectivity index (χ0v) is 14.1. The van der Waals surface area contributed by atoms with Gasteiger partial charge in [0.25, 0.3) is 0 Å². The molecule has 0 unspecified atom stereocenters. The number of aromatic nitrogens is 1. The molecule has 0 bridgehead atoms. The van der Waals surface area contributed by atoms with E-state index in [0.29, 0.717) is 13.0 Å². The first-order valence-electron chi connectivity index (χ1n) is 7.24. The van der Waals surface area contributed by atoms with Gasteiger partial charge in [0.1, 0.15) is 4.60 Å². The summed E-state index contributed by atoms with van der Waals surface area (Å²) in [7, 11) is 0. The van der Waals surface area contributed by atoms with E-state index in [1.54, 1.807) is 6.08 Å². The highest BCUT2D eigenvalue weighted by Gasteiger charge is 2.11. The van der Waals surface area contributed by atoms with Gasteiger partial charge in [0.15, 0.2) is 5.78 Å². The van der Waals surface area contributed by atoms with Gasteiger partial charge in [0, 0.05) is 18.2 Å². The SMILES string of the molecule is Cc1ccccc1.O=C1C=C(NCc2cccc(Br)n2)CC1. The molecule has 0 saturated carbocycles. The van der Waals surface area contributed by atoms with Gasteiger partial charge < -0.3 is 5.32 Å². The number of allylic oxidation sites excluding steroid dienone is 2. The monoisotopic (exact) mass is 358 g/mol. The molecule has 3 rings (SSSR count). The van der Waals surface area contributed by atoms with Crippen molar-refractivity contribution in [2.24, 2.45) is 0 Å². The molecule has 0 saturated heterocycles. The number of benzene rings is 1. The van der Waals surface area contributed by atoms with Crippen LogP contribution in [-0.4, -0.2) is 10.8 Å². The number of hydrogen-bond donors (Lipinski definition) is 1. The van der Waals surface area contributed by atoms with Crippen LogP contribution in [-0.2, 0) is 11.3 Å². The van der Waals surface area contributed by atoms with Crippen LogP contribution in [0.3, 0.4) is 0 Å². The molecule has 1 aliphatic rings. The maximum absolute atomic E-state index is 11.0. The molecule has 1 aliphatic carbocycles. The predicted molar refractivity (Wildman–Crippen MR) is 92.3 cm³/mol. The van der Waals surface area contributed by atoms with Crippen LogP contribution in [0.1, 0.15) is 24.1 Å². The highest BCUT2D eigenvalue weighted by Crippen LogP contribution is 2.13. The maximum Gasteiger partial charge on any atom is 0.157 e. The highest BCUT2D eigenvalue weighted by molar-refractivity contribution is 9.10. The Balaban J connectivity index is 0.000000211. The third-order valence-corrected chi connectivity index (χ3v) is 3.63. The summed E-state index contributed by atoms with van der Waals surface area (Å²) in [4.78, 5) is 15.3. The smallest absolute Gasteiger partial charge is 0.157 e. The van der Waals surface area contributed by atoms with Crippen molar-refractivity contribution in [3.63, 3.8) is 0 Å². The quantitative estimate of drug-likeness (QED) is 0.837. The van der Waals surface area contributed by atoms with Gasteiger partial charge in [-0.25, -0.2) is 4.98 Å². The lowest BCUT2D eigenvalue weighted by atomic mass is 10.2. The van der Waals surface area contributed by atoms with E-state index in [1.165, 1.54) is 5.56 Å². The fourth-order valence-electron chi connectivity index (χ4n) is 2.02. The molecule has 0 atom stereocenters. The minimum Gasteiger partial charge on any atom is -0.383 e. The third-order valence-electron chi connectivity index (χ3n) is 3.19. The summed E-state index contributed by atoms with van der Waals surface area (Å²) >= 11 is 3.32. The Bertz CT molecular complexity index is 653. The Labute approximate surface area is 139 Å². The highest BCUT2D eigenvalue weighted by atomic mass is 79.9. The van der Waals surface area contributed by atoms with E-state index in [-0.39, 0.29) is 5.78 Å². The summed E-state index contributed by atoms with van der Waals surface area (Å²) in [5, 5.41) is 3.21. The number of nitrogens with one attached hydrogen (secondary N) is 1. The van der Waals surface area contributed by atoms with Crippen LogP contribution in [0.4, 0.5) is 0 Å². The number of halogens is 1. The minimum absolute atomic E-state index is 0.208. The number of pyridine rings is 1. The zero-order valence-electron chi connectivity index (χ0n) is 12.6. The van der Waals surface area contributed by atoms with Crippen molar-refractivity contribution in [1.82, 2.24) is 10.3 Å². The lowest BCUT2D eigenvalue weighted by molar-refractivity contribution is -0.114. The standard InChI is InChI=1S/C11H11BrN2O.C7H8/c12-11-3-1-2-9(14-11)7-13-8-4-5-10(15)6-8;1-7-5-3-2-4-6-7/h1-3,6,13H,4-5,7H2;2-6H,1H3. The van der Waals surface area contributed by atoms with Gasteiger partial charge in [-0.15, -0.1) is 0 Å².